The Morgan fingerprint density at radius 1 is 0.274 bits per heavy atom. The first-order chi connectivity index (χ1) is 51.7. The van der Waals surface area contributed by atoms with E-state index in [1.54, 1.807) is 0 Å². The van der Waals surface area contributed by atoms with Crippen LogP contribution in [0.15, 0.2) is 170 Å². The maximum absolute atomic E-state index is 13.1. The van der Waals surface area contributed by atoms with Crippen molar-refractivity contribution in [3.63, 3.8) is 0 Å². The molecule has 0 aromatic carbocycles. The highest BCUT2D eigenvalue weighted by molar-refractivity contribution is 7.47. The monoisotopic (exact) mass is 1520 g/mol. The number of rotatable bonds is 74. The molecule has 106 heavy (non-hydrogen) atoms. The molecular weight excluding hydrogens is 1380 g/mol. The second-order valence-corrected chi connectivity index (χ2v) is 29.1. The van der Waals surface area contributed by atoms with Gasteiger partial charge in [0.2, 0.25) is 0 Å². The number of hydrogen-bond acceptors (Lipinski definition) is 15. The molecule has 602 valence electrons. The van der Waals surface area contributed by atoms with Gasteiger partial charge < -0.3 is 33.8 Å². The van der Waals surface area contributed by atoms with Crippen LogP contribution in [0.25, 0.3) is 0 Å². The Morgan fingerprint density at radius 3 is 0.840 bits per heavy atom. The van der Waals surface area contributed by atoms with E-state index in [0.717, 1.165) is 167 Å². The topological polar surface area (TPSA) is 237 Å². The number of ether oxygens (including phenoxy) is 4. The van der Waals surface area contributed by atoms with Crippen LogP contribution in [0, 0.1) is 0 Å². The number of esters is 4. The average molecular weight is 1520 g/mol. The molecular formula is C87H142O17P2. The summed E-state index contributed by atoms with van der Waals surface area (Å²) < 4.78 is 68.5. The minimum atomic E-state index is -5.01. The van der Waals surface area contributed by atoms with Gasteiger partial charge in [-0.1, -0.05) is 281 Å². The van der Waals surface area contributed by atoms with Gasteiger partial charge in [0.25, 0.3) is 0 Å². The molecule has 0 aromatic rings. The van der Waals surface area contributed by atoms with E-state index in [1.807, 2.05) is 18.2 Å². The van der Waals surface area contributed by atoms with Crippen LogP contribution in [0.5, 0.6) is 0 Å². The molecule has 0 rings (SSSR count). The summed E-state index contributed by atoms with van der Waals surface area (Å²) in [6.07, 6.45) is 92.1. The Balaban J connectivity index is 5.48. The molecule has 0 aromatic heterocycles. The van der Waals surface area contributed by atoms with Gasteiger partial charge in [0, 0.05) is 25.7 Å². The zero-order valence-corrected chi connectivity index (χ0v) is 67.6. The molecule has 5 unspecified atom stereocenters. The van der Waals surface area contributed by atoms with E-state index in [1.165, 1.54) is 38.5 Å². The summed E-state index contributed by atoms with van der Waals surface area (Å²) in [5.74, 6) is -2.35. The van der Waals surface area contributed by atoms with Gasteiger partial charge in [0.05, 0.1) is 26.4 Å². The number of phosphoric ester groups is 2. The van der Waals surface area contributed by atoms with Gasteiger partial charge in [0.15, 0.2) is 12.2 Å². The maximum atomic E-state index is 13.1. The predicted octanol–water partition coefficient (Wildman–Crippen LogP) is 23.8. The van der Waals surface area contributed by atoms with Crippen LogP contribution in [-0.4, -0.2) is 96.7 Å². The largest absolute Gasteiger partial charge is 0.472 e. The Hall–Kier alpha value is -5.58. The van der Waals surface area contributed by atoms with Gasteiger partial charge in [-0.2, -0.15) is 0 Å². The predicted molar refractivity (Wildman–Crippen MR) is 436 cm³/mol. The van der Waals surface area contributed by atoms with Crippen LogP contribution in [0.1, 0.15) is 297 Å². The smallest absolute Gasteiger partial charge is 0.462 e. The first-order valence-corrected chi connectivity index (χ1v) is 43.4. The highest BCUT2D eigenvalue weighted by Crippen LogP contribution is 2.45. The number of carbonyl (C=O) groups excluding carboxylic acids is 4. The van der Waals surface area contributed by atoms with Gasteiger partial charge in [-0.15, -0.1) is 0 Å². The van der Waals surface area contributed by atoms with E-state index in [4.69, 9.17) is 37.0 Å². The Bertz CT molecular complexity index is 2680. The minimum absolute atomic E-state index is 0.0205. The zero-order chi connectivity index (χ0) is 77.4. The molecule has 0 bridgehead atoms. The van der Waals surface area contributed by atoms with Crippen molar-refractivity contribution in [1.82, 2.24) is 0 Å². The molecule has 0 aliphatic carbocycles. The van der Waals surface area contributed by atoms with Crippen LogP contribution in [0.2, 0.25) is 0 Å². The lowest BCUT2D eigenvalue weighted by Gasteiger charge is -2.21. The van der Waals surface area contributed by atoms with Crippen molar-refractivity contribution in [2.45, 2.75) is 316 Å². The molecule has 5 atom stereocenters. The van der Waals surface area contributed by atoms with Gasteiger partial charge in [-0.25, -0.2) is 9.13 Å². The van der Waals surface area contributed by atoms with Gasteiger partial charge in [0.1, 0.15) is 19.3 Å². The first kappa shape index (κ1) is 100. The molecule has 17 nitrogen and oxygen atoms in total. The number of aliphatic hydroxyl groups is 1. The highest BCUT2D eigenvalue weighted by Gasteiger charge is 2.30. The SMILES string of the molecule is CC/C=C\C/C=C\C/C=C\C/C=C\C/C=C\C/C=C\CCC(=O)OCC(COP(=O)(O)OCC(O)COP(=O)(O)OCC(COC(=O)CCCCCCCCC/C=C\C/C=C\C/C=C\CC)OC(=O)CCCCCCC/C=C\CCCCCCCC)OC(=O)CCCC/C=C\C/C=C\C/C=C\C/C=C\CC. The van der Waals surface area contributed by atoms with E-state index in [9.17, 15) is 43.2 Å². The second kappa shape index (κ2) is 77.6. The summed E-state index contributed by atoms with van der Waals surface area (Å²) in [4.78, 5) is 73.0. The van der Waals surface area contributed by atoms with Gasteiger partial charge >= 0.3 is 39.5 Å². The average Bonchev–Trinajstić information content (AvgIpc) is 0.909. The molecule has 19 heteroatoms. The number of phosphoric acid groups is 2. The van der Waals surface area contributed by atoms with Crippen molar-refractivity contribution in [1.29, 1.82) is 0 Å². The maximum Gasteiger partial charge on any atom is 0.472 e. The molecule has 0 amide bonds. The summed E-state index contributed by atoms with van der Waals surface area (Å²) in [5.41, 5.74) is 0. The second-order valence-electron chi connectivity index (χ2n) is 26.2. The van der Waals surface area contributed by atoms with Gasteiger partial charge in [-0.05, 0) is 161 Å². The summed E-state index contributed by atoms with van der Waals surface area (Å²) >= 11 is 0. The number of hydrogen-bond donors (Lipinski definition) is 3. The lowest BCUT2D eigenvalue weighted by Crippen LogP contribution is -2.30. The van der Waals surface area contributed by atoms with E-state index >= 15 is 0 Å². The van der Waals surface area contributed by atoms with Crippen molar-refractivity contribution in [3.05, 3.63) is 170 Å². The van der Waals surface area contributed by atoms with E-state index < -0.39 is 97.5 Å². The summed E-state index contributed by atoms with van der Waals surface area (Å²) in [7, 11) is -10.0. The molecule has 0 aliphatic rings. The van der Waals surface area contributed by atoms with E-state index in [2.05, 4.69) is 180 Å². The van der Waals surface area contributed by atoms with E-state index in [-0.39, 0.29) is 25.7 Å². The fourth-order valence-electron chi connectivity index (χ4n) is 10.1. The third-order valence-electron chi connectivity index (χ3n) is 16.2. The minimum Gasteiger partial charge on any atom is -0.462 e. The lowest BCUT2D eigenvalue weighted by atomic mass is 10.1. The summed E-state index contributed by atoms with van der Waals surface area (Å²) in [6, 6.07) is 0. The van der Waals surface area contributed by atoms with Crippen molar-refractivity contribution >= 4 is 39.5 Å². The molecule has 3 N–H and O–H groups in total. The Labute approximate surface area is 642 Å². The van der Waals surface area contributed by atoms with Crippen LogP contribution in [-0.2, 0) is 65.4 Å². The van der Waals surface area contributed by atoms with Crippen LogP contribution in [0.4, 0.5) is 0 Å². The van der Waals surface area contributed by atoms with Crippen LogP contribution in [0.3, 0.4) is 0 Å². The third-order valence-corrected chi connectivity index (χ3v) is 18.1. The standard InChI is InChI=1S/C87H142O17P2/c1-5-9-13-17-21-25-29-33-37-39-40-42-46-48-52-56-60-64-68-72-85(90)98-78-83(104-87(92)74-70-66-62-58-54-50-44-36-32-28-24-20-16-12-8-4)80-102-106(95,96)100-76-81(88)75-99-105(93,94)101-79-82(103-86(91)73-69-65-61-57-53-49-43-35-31-27-23-19-15-11-7-3)77-97-84(89)71-67-63-59-55-51-47-45-41-38-34-30-26-22-18-14-10-6-2/h9-10,12-14,16,21-22,24-26,28,33-38,40,42-44,48,52,54,58,60,64,81-83,88H,5-8,11,15,17-20,23,27,29-32,39,41,45-47,49-51,53,55-57,59,61-63,65-80H2,1-4H3,(H,93,94)(H,95,96)/b13-9-,14-10-,16-12-,25-21-,26-22-,28-24-,37-33-,38-34-,42-40-,43-35-,44-36-,52-48-,58-54-,64-60-. The fourth-order valence-corrected chi connectivity index (χ4v) is 11.7. The first-order valence-electron chi connectivity index (χ1n) is 40.4. The number of allylic oxidation sites excluding steroid dienone is 28. The highest BCUT2D eigenvalue weighted by atomic mass is 31.2. The molecule has 0 radical (unpaired) electrons. The van der Waals surface area contributed by atoms with Crippen LogP contribution < -0.4 is 0 Å². The Kier molecular flexibility index (Phi) is 73.5. The summed E-state index contributed by atoms with van der Waals surface area (Å²) in [6.45, 7) is 4.37. The van der Waals surface area contributed by atoms with Crippen LogP contribution >= 0.6 is 15.6 Å². The normalized spacial score (nSPS) is 14.7. The van der Waals surface area contributed by atoms with E-state index in [0.29, 0.717) is 38.5 Å². The number of unbranched alkanes of at least 4 members (excludes halogenated alkanes) is 20. The number of aliphatic hydroxyl groups excluding tert-OH is 1. The van der Waals surface area contributed by atoms with Gasteiger partial charge in [-0.3, -0.25) is 37.3 Å². The van der Waals surface area contributed by atoms with Crippen molar-refractivity contribution in [2.75, 3.05) is 39.6 Å². The zero-order valence-electron chi connectivity index (χ0n) is 65.8. The number of carbonyl (C=O) groups is 4. The molecule has 0 saturated carbocycles. The summed E-state index contributed by atoms with van der Waals surface area (Å²) in [5, 5.41) is 10.6. The molecule has 0 aliphatic heterocycles. The molecule has 0 saturated heterocycles. The molecule has 0 heterocycles. The molecule has 0 spiro atoms. The molecule has 0 fully saturated rings. The van der Waals surface area contributed by atoms with Crippen molar-refractivity contribution < 1.29 is 80.2 Å². The lowest BCUT2D eigenvalue weighted by molar-refractivity contribution is -0.161. The van der Waals surface area contributed by atoms with Crippen molar-refractivity contribution in [2.24, 2.45) is 0 Å². The fraction of sp³-hybridized carbons (Fsp3) is 0.632. The van der Waals surface area contributed by atoms with Crippen molar-refractivity contribution in [3.8, 4) is 0 Å². The third kappa shape index (κ3) is 76.6. The Morgan fingerprint density at radius 2 is 0.509 bits per heavy atom. The quantitative estimate of drug-likeness (QED) is 0.0169.